The van der Waals surface area contributed by atoms with Crippen molar-refractivity contribution in [2.75, 3.05) is 39.1 Å². The summed E-state index contributed by atoms with van der Waals surface area (Å²) in [7, 11) is -3.46. The fourth-order valence-electron chi connectivity index (χ4n) is 4.09. The molecule has 0 radical (unpaired) electrons. The van der Waals surface area contributed by atoms with E-state index < -0.39 is 27.2 Å². The van der Waals surface area contributed by atoms with Crippen molar-refractivity contribution in [3.05, 3.63) is 93.2 Å². The lowest BCUT2D eigenvalue weighted by Crippen LogP contribution is -2.35. The van der Waals surface area contributed by atoms with E-state index in [-0.39, 0.29) is 12.2 Å². The third-order valence-electron chi connectivity index (χ3n) is 6.09. The van der Waals surface area contributed by atoms with Crippen molar-refractivity contribution >= 4 is 10.0 Å². The Kier molecular flexibility index (Phi) is 8.74. The minimum atomic E-state index is -3.46. The van der Waals surface area contributed by atoms with Gasteiger partial charge in [0.25, 0.3) is 5.56 Å². The van der Waals surface area contributed by atoms with Crippen LogP contribution in [0.2, 0.25) is 0 Å². The van der Waals surface area contributed by atoms with Gasteiger partial charge in [0, 0.05) is 43.2 Å². The largest absolute Gasteiger partial charge is 0.502 e. The molecule has 0 aliphatic carbocycles. The van der Waals surface area contributed by atoms with E-state index in [2.05, 4.69) is 43.6 Å². The molecule has 1 aliphatic heterocycles. The van der Waals surface area contributed by atoms with Crippen LogP contribution in [0.3, 0.4) is 0 Å². The van der Waals surface area contributed by atoms with Crippen molar-refractivity contribution in [1.29, 1.82) is 0 Å². The average Bonchev–Trinajstić information content (AvgIpc) is 2.89. The second-order valence-electron chi connectivity index (χ2n) is 9.02. The van der Waals surface area contributed by atoms with Crippen LogP contribution in [0, 0.1) is 11.8 Å². The first kappa shape index (κ1) is 26.6. The number of morpholine rings is 1. The Morgan fingerprint density at radius 3 is 2.24 bits per heavy atom. The van der Waals surface area contributed by atoms with Crippen molar-refractivity contribution in [1.82, 2.24) is 19.6 Å². The normalized spacial score (nSPS) is 15.1. The Balaban J connectivity index is 1.42. The summed E-state index contributed by atoms with van der Waals surface area (Å²) in [5, 5.41) is 10.2. The molecule has 2 heterocycles. The summed E-state index contributed by atoms with van der Waals surface area (Å²) in [6.45, 7) is 4.37. The molecular weight excluding hydrogens is 492 g/mol. The molecule has 2 aromatic carbocycles. The van der Waals surface area contributed by atoms with Crippen LogP contribution in [0.1, 0.15) is 33.9 Å². The molecule has 1 unspecified atom stereocenters. The van der Waals surface area contributed by atoms with E-state index in [1.165, 1.54) is 11.9 Å². The number of hydrogen-bond acceptors (Lipinski definition) is 7. The number of aromatic nitrogens is 2. The summed E-state index contributed by atoms with van der Waals surface area (Å²) < 4.78 is 31.1. The molecule has 9 nitrogen and oxygen atoms in total. The smallest absolute Gasteiger partial charge is 0.293 e. The number of rotatable bonds is 8. The molecule has 37 heavy (non-hydrogen) atoms. The molecule has 3 aromatic rings. The van der Waals surface area contributed by atoms with Crippen LogP contribution >= 0.6 is 0 Å². The van der Waals surface area contributed by atoms with E-state index in [1.807, 2.05) is 36.4 Å². The molecule has 10 heteroatoms. The fourth-order valence-corrected chi connectivity index (χ4v) is 4.59. The summed E-state index contributed by atoms with van der Waals surface area (Å²) in [5.74, 6) is 5.31. The molecule has 0 spiro atoms. The van der Waals surface area contributed by atoms with Gasteiger partial charge in [-0.05, 0) is 41.8 Å². The topological polar surface area (TPSA) is 125 Å². The van der Waals surface area contributed by atoms with Gasteiger partial charge in [-0.2, -0.15) is 0 Å². The average molecular weight is 523 g/mol. The first-order chi connectivity index (χ1) is 17.8. The SMILES string of the molecule is CS(=O)(=O)NCC(Cc1ccc(C#Cc2ccc(CN3CCOCC3)cc2)cc1)c1nc[nH]c(=O)c1O. The minimum Gasteiger partial charge on any atom is -0.502 e. The number of ether oxygens (including phenoxy) is 1. The van der Waals surface area contributed by atoms with Gasteiger partial charge in [0.05, 0.1) is 31.5 Å². The first-order valence-corrected chi connectivity index (χ1v) is 13.9. The molecule has 194 valence electrons. The van der Waals surface area contributed by atoms with Crippen LogP contribution in [0.15, 0.2) is 59.7 Å². The Morgan fingerprint density at radius 2 is 1.65 bits per heavy atom. The highest BCUT2D eigenvalue weighted by Crippen LogP contribution is 2.24. The number of H-pyrrole nitrogens is 1. The van der Waals surface area contributed by atoms with E-state index in [4.69, 9.17) is 4.74 Å². The second-order valence-corrected chi connectivity index (χ2v) is 10.9. The number of nitrogens with one attached hydrogen (secondary N) is 2. The zero-order valence-corrected chi connectivity index (χ0v) is 21.4. The number of aromatic hydroxyl groups is 1. The van der Waals surface area contributed by atoms with Gasteiger partial charge < -0.3 is 14.8 Å². The number of sulfonamides is 1. The van der Waals surface area contributed by atoms with Gasteiger partial charge >= 0.3 is 0 Å². The highest BCUT2D eigenvalue weighted by atomic mass is 32.2. The summed E-state index contributed by atoms with van der Waals surface area (Å²) in [4.78, 5) is 20.6. The predicted molar refractivity (Wildman–Crippen MR) is 141 cm³/mol. The van der Waals surface area contributed by atoms with Crippen LogP contribution in [0.4, 0.5) is 0 Å². The van der Waals surface area contributed by atoms with E-state index in [0.717, 1.165) is 55.8 Å². The standard InChI is InChI=1S/C27H30N4O5S/c1-37(34,35)30-17-24(25-26(32)27(33)29-19-28-25)16-22-8-4-20(5-9-22)2-3-21-6-10-23(11-7-21)18-31-12-14-36-15-13-31/h4-11,19,24,30,32H,12-18H2,1H3,(H,28,29,33). The molecule has 3 N–H and O–H groups in total. The van der Waals surface area contributed by atoms with Gasteiger partial charge in [-0.1, -0.05) is 36.1 Å². The molecule has 1 fully saturated rings. The van der Waals surface area contributed by atoms with Gasteiger partial charge in [0.1, 0.15) is 0 Å². The molecule has 1 aliphatic rings. The molecule has 1 saturated heterocycles. The van der Waals surface area contributed by atoms with Crippen LogP contribution in [0.25, 0.3) is 0 Å². The van der Waals surface area contributed by atoms with Crippen molar-refractivity contribution in [2.45, 2.75) is 18.9 Å². The van der Waals surface area contributed by atoms with Gasteiger partial charge in [0.15, 0.2) is 0 Å². The van der Waals surface area contributed by atoms with Gasteiger partial charge in [-0.3, -0.25) is 9.69 Å². The predicted octanol–water partition coefficient (Wildman–Crippen LogP) is 1.58. The monoisotopic (exact) mass is 522 g/mol. The van der Waals surface area contributed by atoms with Crippen molar-refractivity contribution in [3.63, 3.8) is 0 Å². The fraction of sp³-hybridized carbons (Fsp3) is 0.333. The molecule has 0 bridgehead atoms. The molecule has 0 amide bonds. The van der Waals surface area contributed by atoms with Crippen LogP contribution in [-0.4, -0.2) is 67.5 Å². The molecular formula is C27H30N4O5S. The van der Waals surface area contributed by atoms with Crippen molar-refractivity contribution in [3.8, 4) is 17.6 Å². The Hall–Kier alpha value is -3.49. The molecule has 1 aromatic heterocycles. The van der Waals surface area contributed by atoms with Gasteiger partial charge in [-0.25, -0.2) is 18.1 Å². The quantitative estimate of drug-likeness (QED) is 0.384. The minimum absolute atomic E-state index is 0.00800. The lowest BCUT2D eigenvalue weighted by molar-refractivity contribution is 0.0342. The molecule has 0 saturated carbocycles. The first-order valence-electron chi connectivity index (χ1n) is 12.0. The van der Waals surface area contributed by atoms with Gasteiger partial charge in [-0.15, -0.1) is 0 Å². The Morgan fingerprint density at radius 1 is 1.05 bits per heavy atom. The van der Waals surface area contributed by atoms with E-state index in [1.54, 1.807) is 0 Å². The highest BCUT2D eigenvalue weighted by Gasteiger charge is 2.21. The maximum atomic E-state index is 11.8. The third-order valence-corrected chi connectivity index (χ3v) is 6.78. The lowest BCUT2D eigenvalue weighted by atomic mass is 9.95. The number of aromatic amines is 1. The van der Waals surface area contributed by atoms with Crippen LogP contribution < -0.4 is 10.3 Å². The zero-order chi connectivity index (χ0) is 26.3. The summed E-state index contributed by atoms with van der Waals surface area (Å²) in [6.07, 6.45) is 2.61. The van der Waals surface area contributed by atoms with Crippen LogP contribution in [-0.2, 0) is 27.7 Å². The van der Waals surface area contributed by atoms with E-state index in [9.17, 15) is 18.3 Å². The van der Waals surface area contributed by atoms with E-state index in [0.29, 0.717) is 6.42 Å². The van der Waals surface area contributed by atoms with E-state index >= 15 is 0 Å². The number of nitrogens with zero attached hydrogens (tertiary/aromatic N) is 2. The van der Waals surface area contributed by atoms with Gasteiger partial charge in [0.2, 0.25) is 15.8 Å². The highest BCUT2D eigenvalue weighted by molar-refractivity contribution is 7.88. The van der Waals surface area contributed by atoms with Crippen molar-refractivity contribution < 1.29 is 18.3 Å². The third kappa shape index (κ3) is 8.00. The molecule has 4 rings (SSSR count). The zero-order valence-electron chi connectivity index (χ0n) is 20.6. The lowest BCUT2D eigenvalue weighted by Gasteiger charge is -2.26. The van der Waals surface area contributed by atoms with Crippen molar-refractivity contribution in [2.24, 2.45) is 0 Å². The Labute approximate surface area is 216 Å². The summed E-state index contributed by atoms with van der Waals surface area (Å²) >= 11 is 0. The molecule has 1 atom stereocenters. The maximum Gasteiger partial charge on any atom is 0.293 e. The second kappa shape index (κ2) is 12.2. The number of benzene rings is 2. The summed E-state index contributed by atoms with van der Waals surface area (Å²) in [6, 6.07) is 15.8. The maximum absolute atomic E-state index is 11.8. The number of hydrogen-bond donors (Lipinski definition) is 3. The Bertz CT molecular complexity index is 1420. The summed E-state index contributed by atoms with van der Waals surface area (Å²) in [5.41, 5.74) is 3.37. The van der Waals surface area contributed by atoms with Crippen LogP contribution in [0.5, 0.6) is 5.75 Å².